The first kappa shape index (κ1) is 12.4. The van der Waals surface area contributed by atoms with Gasteiger partial charge in [0.25, 0.3) is 0 Å². The highest BCUT2D eigenvalue weighted by molar-refractivity contribution is 5.21. The van der Waals surface area contributed by atoms with Gasteiger partial charge in [-0.15, -0.1) is 0 Å². The van der Waals surface area contributed by atoms with E-state index in [-0.39, 0.29) is 24.6 Å². The maximum Gasteiger partial charge on any atom is 0.248 e. The third-order valence-corrected chi connectivity index (χ3v) is 3.53. The average molecular weight is 243 g/mol. The first-order chi connectivity index (χ1) is 7.99. The van der Waals surface area contributed by atoms with Gasteiger partial charge >= 0.3 is 0 Å². The van der Waals surface area contributed by atoms with Gasteiger partial charge in [0, 0.05) is 24.4 Å². The molecule has 1 aliphatic rings. The van der Waals surface area contributed by atoms with Gasteiger partial charge in [0.2, 0.25) is 5.92 Å². The van der Waals surface area contributed by atoms with Crippen molar-refractivity contribution >= 4 is 0 Å². The number of benzene rings is 1. The zero-order chi connectivity index (χ0) is 12.5. The SMILES string of the molecule is NC(c1ccccc1F)C1CCC(F)(F)CC1. The molecule has 0 radical (unpaired) electrons. The number of rotatable bonds is 2. The summed E-state index contributed by atoms with van der Waals surface area (Å²) >= 11 is 0. The third kappa shape index (κ3) is 2.80. The second-order valence-corrected chi connectivity index (χ2v) is 4.74. The lowest BCUT2D eigenvalue weighted by Crippen LogP contribution is -2.31. The van der Waals surface area contributed by atoms with Gasteiger partial charge in [0.05, 0.1) is 0 Å². The molecule has 4 heteroatoms. The van der Waals surface area contributed by atoms with Crippen molar-refractivity contribution in [3.8, 4) is 0 Å². The molecule has 0 spiro atoms. The number of nitrogens with two attached hydrogens (primary N) is 1. The van der Waals surface area contributed by atoms with E-state index < -0.39 is 12.0 Å². The van der Waals surface area contributed by atoms with Gasteiger partial charge in [0.15, 0.2) is 0 Å². The van der Waals surface area contributed by atoms with Crippen molar-refractivity contribution in [3.05, 3.63) is 35.6 Å². The van der Waals surface area contributed by atoms with Crippen LogP contribution < -0.4 is 5.73 Å². The van der Waals surface area contributed by atoms with Crippen LogP contribution in [0.2, 0.25) is 0 Å². The Hall–Kier alpha value is -1.03. The Bertz CT molecular complexity index is 382. The van der Waals surface area contributed by atoms with E-state index in [1.807, 2.05) is 0 Å². The van der Waals surface area contributed by atoms with Crippen LogP contribution in [0, 0.1) is 11.7 Å². The van der Waals surface area contributed by atoms with E-state index in [0.29, 0.717) is 18.4 Å². The summed E-state index contributed by atoms with van der Waals surface area (Å²) in [6, 6.07) is 5.82. The quantitative estimate of drug-likeness (QED) is 0.843. The van der Waals surface area contributed by atoms with E-state index in [1.54, 1.807) is 18.2 Å². The van der Waals surface area contributed by atoms with E-state index in [2.05, 4.69) is 0 Å². The van der Waals surface area contributed by atoms with E-state index >= 15 is 0 Å². The molecule has 0 aromatic heterocycles. The van der Waals surface area contributed by atoms with Crippen molar-refractivity contribution in [1.29, 1.82) is 0 Å². The molecule has 1 aromatic carbocycles. The molecule has 2 rings (SSSR count). The topological polar surface area (TPSA) is 26.0 Å². The fourth-order valence-corrected chi connectivity index (χ4v) is 2.42. The molecule has 0 saturated heterocycles. The van der Waals surface area contributed by atoms with E-state index in [0.717, 1.165) is 0 Å². The normalized spacial score (nSPS) is 22.4. The standard InChI is InChI=1S/C13H16F3N/c14-11-4-2-1-3-10(11)12(17)9-5-7-13(15,16)8-6-9/h1-4,9,12H,5-8,17H2. The zero-order valence-corrected chi connectivity index (χ0v) is 9.50. The van der Waals surface area contributed by atoms with Crippen LogP contribution in [0.5, 0.6) is 0 Å². The smallest absolute Gasteiger partial charge is 0.248 e. The summed E-state index contributed by atoms with van der Waals surface area (Å²) in [4.78, 5) is 0. The van der Waals surface area contributed by atoms with Crippen LogP contribution in [0.4, 0.5) is 13.2 Å². The summed E-state index contributed by atoms with van der Waals surface area (Å²) in [6.45, 7) is 0. The minimum absolute atomic E-state index is 0.0495. The highest BCUT2D eigenvalue weighted by Gasteiger charge is 2.37. The second-order valence-electron chi connectivity index (χ2n) is 4.74. The molecule has 1 atom stereocenters. The molecular weight excluding hydrogens is 227 g/mol. The van der Waals surface area contributed by atoms with Crippen molar-refractivity contribution in [1.82, 2.24) is 0 Å². The molecule has 17 heavy (non-hydrogen) atoms. The van der Waals surface area contributed by atoms with Crippen molar-refractivity contribution in [2.75, 3.05) is 0 Å². The second kappa shape index (κ2) is 4.69. The van der Waals surface area contributed by atoms with Crippen LogP contribution in [0.3, 0.4) is 0 Å². The van der Waals surface area contributed by atoms with Gasteiger partial charge < -0.3 is 5.73 Å². The van der Waals surface area contributed by atoms with E-state index in [4.69, 9.17) is 5.73 Å². The number of alkyl halides is 2. The maximum atomic E-state index is 13.5. The van der Waals surface area contributed by atoms with Crippen LogP contribution in [-0.4, -0.2) is 5.92 Å². The lowest BCUT2D eigenvalue weighted by molar-refractivity contribution is -0.0484. The summed E-state index contributed by atoms with van der Waals surface area (Å²) < 4.78 is 39.5. The average Bonchev–Trinajstić information content (AvgIpc) is 2.29. The van der Waals surface area contributed by atoms with Gasteiger partial charge in [-0.25, -0.2) is 13.2 Å². The Morgan fingerprint density at radius 2 is 1.76 bits per heavy atom. The van der Waals surface area contributed by atoms with Crippen LogP contribution in [0.1, 0.15) is 37.3 Å². The molecular formula is C13H16F3N. The van der Waals surface area contributed by atoms with Gasteiger partial charge in [-0.1, -0.05) is 18.2 Å². The number of halogens is 3. The lowest BCUT2D eigenvalue weighted by atomic mass is 9.80. The van der Waals surface area contributed by atoms with Gasteiger partial charge in [-0.05, 0) is 24.8 Å². The molecule has 2 N–H and O–H groups in total. The van der Waals surface area contributed by atoms with E-state index in [9.17, 15) is 13.2 Å². The summed E-state index contributed by atoms with van der Waals surface area (Å²) in [7, 11) is 0. The van der Waals surface area contributed by atoms with Crippen molar-refractivity contribution in [2.45, 2.75) is 37.6 Å². The summed E-state index contributed by atoms with van der Waals surface area (Å²) in [5, 5.41) is 0. The highest BCUT2D eigenvalue weighted by atomic mass is 19.3. The van der Waals surface area contributed by atoms with Crippen molar-refractivity contribution in [3.63, 3.8) is 0 Å². The summed E-state index contributed by atoms with van der Waals surface area (Å²) in [5.41, 5.74) is 6.41. The molecule has 0 bridgehead atoms. The van der Waals surface area contributed by atoms with Crippen LogP contribution in [0.25, 0.3) is 0 Å². The van der Waals surface area contributed by atoms with Gasteiger partial charge in [-0.3, -0.25) is 0 Å². The first-order valence-electron chi connectivity index (χ1n) is 5.87. The highest BCUT2D eigenvalue weighted by Crippen LogP contribution is 2.40. The monoisotopic (exact) mass is 243 g/mol. The molecule has 1 aliphatic carbocycles. The molecule has 1 fully saturated rings. The van der Waals surface area contributed by atoms with Gasteiger partial charge in [-0.2, -0.15) is 0 Å². The van der Waals surface area contributed by atoms with Crippen LogP contribution in [-0.2, 0) is 0 Å². The minimum atomic E-state index is -2.56. The van der Waals surface area contributed by atoms with Crippen LogP contribution in [0.15, 0.2) is 24.3 Å². The van der Waals surface area contributed by atoms with Crippen molar-refractivity contribution < 1.29 is 13.2 Å². The molecule has 1 unspecified atom stereocenters. The predicted octanol–water partition coefficient (Wildman–Crippen LogP) is 3.65. The number of hydrogen-bond donors (Lipinski definition) is 1. The Morgan fingerprint density at radius 1 is 1.18 bits per heavy atom. The fraction of sp³-hybridized carbons (Fsp3) is 0.538. The fourth-order valence-electron chi connectivity index (χ4n) is 2.42. The Morgan fingerprint density at radius 3 is 2.35 bits per heavy atom. The molecule has 0 amide bonds. The molecule has 1 saturated carbocycles. The Balaban J connectivity index is 2.07. The molecule has 0 heterocycles. The molecule has 0 aliphatic heterocycles. The summed E-state index contributed by atoms with van der Waals surface area (Å²) in [5.74, 6) is -2.96. The number of hydrogen-bond acceptors (Lipinski definition) is 1. The van der Waals surface area contributed by atoms with Crippen LogP contribution >= 0.6 is 0 Å². The lowest BCUT2D eigenvalue weighted by Gasteiger charge is -2.32. The molecule has 1 aromatic rings. The Kier molecular flexibility index (Phi) is 3.43. The maximum absolute atomic E-state index is 13.5. The molecule has 1 nitrogen and oxygen atoms in total. The minimum Gasteiger partial charge on any atom is -0.324 e. The zero-order valence-electron chi connectivity index (χ0n) is 9.50. The van der Waals surface area contributed by atoms with Gasteiger partial charge in [0.1, 0.15) is 5.82 Å². The van der Waals surface area contributed by atoms with Crippen molar-refractivity contribution in [2.24, 2.45) is 11.7 Å². The first-order valence-corrected chi connectivity index (χ1v) is 5.87. The predicted molar refractivity (Wildman–Crippen MR) is 60.2 cm³/mol. The Labute approximate surface area is 98.8 Å². The largest absolute Gasteiger partial charge is 0.324 e. The molecule has 94 valence electrons. The van der Waals surface area contributed by atoms with E-state index in [1.165, 1.54) is 6.07 Å². The third-order valence-electron chi connectivity index (χ3n) is 3.53. The summed E-state index contributed by atoms with van der Waals surface area (Å²) in [6.07, 6.45) is 0.449.